The van der Waals surface area contributed by atoms with E-state index in [0.717, 1.165) is 4.47 Å². The molecule has 0 fully saturated rings. The van der Waals surface area contributed by atoms with Crippen molar-refractivity contribution in [2.24, 2.45) is 0 Å². The molecule has 0 aliphatic carbocycles. The highest BCUT2D eigenvalue weighted by molar-refractivity contribution is 9.10. The van der Waals surface area contributed by atoms with Crippen molar-refractivity contribution in [1.29, 1.82) is 0 Å². The molecule has 1 aromatic carbocycles. The first-order valence-electron chi connectivity index (χ1n) is 5.86. The Morgan fingerprint density at radius 3 is 2.53 bits per heavy atom. The van der Waals surface area contributed by atoms with Crippen molar-refractivity contribution in [2.75, 3.05) is 18.5 Å². The van der Waals surface area contributed by atoms with E-state index in [-0.39, 0.29) is 12.5 Å². The quantitative estimate of drug-likeness (QED) is 0.813. The zero-order valence-electron chi connectivity index (χ0n) is 10.8. The van der Waals surface area contributed by atoms with Gasteiger partial charge >= 0.3 is 5.97 Å². The van der Waals surface area contributed by atoms with Crippen LogP contribution in [0.15, 0.2) is 28.7 Å². The fraction of sp³-hybridized carbons (Fsp3) is 0.385. The van der Waals surface area contributed by atoms with Gasteiger partial charge in [0.1, 0.15) is 6.61 Å². The maximum atomic E-state index is 11.8. The first-order valence-corrected chi connectivity index (χ1v) is 6.66. The highest BCUT2D eigenvalue weighted by atomic mass is 79.9. The van der Waals surface area contributed by atoms with Gasteiger partial charge in [-0.15, -0.1) is 0 Å². The van der Waals surface area contributed by atoms with E-state index in [4.69, 9.17) is 9.47 Å². The Bertz CT molecular complexity index is 433. The lowest BCUT2D eigenvalue weighted by Crippen LogP contribution is -2.31. The average Bonchev–Trinajstić information content (AvgIpc) is 2.39. The molecule has 0 heterocycles. The molecule has 1 aromatic rings. The predicted octanol–water partition coefficient (Wildman–Crippen LogP) is 2.36. The van der Waals surface area contributed by atoms with E-state index in [1.54, 1.807) is 31.2 Å². The van der Waals surface area contributed by atoms with Gasteiger partial charge in [0.25, 0.3) is 5.91 Å². The summed E-state index contributed by atoms with van der Waals surface area (Å²) in [7, 11) is 0. The topological polar surface area (TPSA) is 64.6 Å². The first kappa shape index (κ1) is 15.7. The average molecular weight is 330 g/mol. The Morgan fingerprint density at radius 1 is 1.32 bits per heavy atom. The summed E-state index contributed by atoms with van der Waals surface area (Å²) < 4.78 is 10.7. The van der Waals surface area contributed by atoms with E-state index < -0.39 is 12.1 Å². The van der Waals surface area contributed by atoms with Gasteiger partial charge in [0.2, 0.25) is 0 Å². The number of benzene rings is 1. The number of hydrogen-bond donors (Lipinski definition) is 1. The molecule has 19 heavy (non-hydrogen) atoms. The molecule has 1 N–H and O–H groups in total. The Kier molecular flexibility index (Phi) is 6.52. The molecule has 0 aliphatic rings. The molecular weight excluding hydrogens is 314 g/mol. The van der Waals surface area contributed by atoms with Crippen LogP contribution in [0.5, 0.6) is 0 Å². The summed E-state index contributed by atoms with van der Waals surface area (Å²) in [6.07, 6.45) is -0.864. The molecule has 0 saturated carbocycles. The molecule has 104 valence electrons. The van der Waals surface area contributed by atoms with E-state index in [1.807, 2.05) is 0 Å². The molecule has 6 heteroatoms. The zero-order valence-corrected chi connectivity index (χ0v) is 12.4. The highest BCUT2D eigenvalue weighted by Crippen LogP contribution is 2.14. The Hall–Kier alpha value is -1.40. The molecule has 1 amide bonds. The fourth-order valence-electron chi connectivity index (χ4n) is 1.25. The third-order valence-corrected chi connectivity index (χ3v) is 2.74. The van der Waals surface area contributed by atoms with Crippen molar-refractivity contribution < 1.29 is 19.1 Å². The molecule has 0 radical (unpaired) electrons. The lowest BCUT2D eigenvalue weighted by atomic mass is 10.3. The fourth-order valence-corrected chi connectivity index (χ4v) is 1.51. The third kappa shape index (κ3) is 5.85. The number of amides is 1. The number of ether oxygens (including phenoxy) is 2. The number of carbonyl (C=O) groups is 2. The first-order chi connectivity index (χ1) is 9.02. The molecule has 0 spiro atoms. The summed E-state index contributed by atoms with van der Waals surface area (Å²) in [4.78, 5) is 23.0. The van der Waals surface area contributed by atoms with Crippen LogP contribution >= 0.6 is 15.9 Å². The molecular formula is C13H16BrNO4. The van der Waals surface area contributed by atoms with Crippen molar-refractivity contribution in [1.82, 2.24) is 0 Å². The van der Waals surface area contributed by atoms with Gasteiger partial charge in [-0.1, -0.05) is 15.9 Å². The molecule has 0 saturated heterocycles. The molecule has 0 bridgehead atoms. The lowest BCUT2D eigenvalue weighted by molar-refractivity contribution is -0.157. The normalized spacial score (nSPS) is 11.7. The SMILES string of the molecule is CCOCC(=O)O[C@@H](C)C(=O)Nc1ccc(Br)cc1. The van der Waals surface area contributed by atoms with E-state index in [1.165, 1.54) is 6.92 Å². The van der Waals surface area contributed by atoms with Gasteiger partial charge < -0.3 is 14.8 Å². The second-order valence-electron chi connectivity index (χ2n) is 3.77. The van der Waals surface area contributed by atoms with Crippen molar-refractivity contribution in [2.45, 2.75) is 20.0 Å². The minimum Gasteiger partial charge on any atom is -0.451 e. The monoisotopic (exact) mass is 329 g/mol. The Morgan fingerprint density at radius 2 is 1.95 bits per heavy atom. The van der Waals surface area contributed by atoms with Crippen LogP contribution in [0, 0.1) is 0 Å². The van der Waals surface area contributed by atoms with Crippen molar-refractivity contribution in [3.63, 3.8) is 0 Å². The van der Waals surface area contributed by atoms with Crippen LogP contribution in [-0.2, 0) is 19.1 Å². The minimum absolute atomic E-state index is 0.146. The standard InChI is InChI=1S/C13H16BrNO4/c1-3-18-8-12(16)19-9(2)13(17)15-11-6-4-10(14)5-7-11/h4-7,9H,3,8H2,1-2H3,(H,15,17)/t9-/m0/s1. The van der Waals surface area contributed by atoms with Crippen LogP contribution in [0.2, 0.25) is 0 Å². The Balaban J connectivity index is 2.44. The van der Waals surface area contributed by atoms with Gasteiger partial charge in [-0.2, -0.15) is 0 Å². The molecule has 0 aliphatic heterocycles. The zero-order chi connectivity index (χ0) is 14.3. The number of carbonyl (C=O) groups excluding carboxylic acids is 2. The van der Waals surface area contributed by atoms with Crippen LogP contribution in [-0.4, -0.2) is 31.2 Å². The number of esters is 1. The number of nitrogens with one attached hydrogen (secondary N) is 1. The summed E-state index contributed by atoms with van der Waals surface area (Å²) in [5, 5.41) is 2.65. The van der Waals surface area contributed by atoms with Gasteiger partial charge in [-0.25, -0.2) is 4.79 Å². The van der Waals surface area contributed by atoms with Crippen molar-refractivity contribution in [3.8, 4) is 0 Å². The summed E-state index contributed by atoms with van der Waals surface area (Å²) in [6.45, 7) is 3.57. The summed E-state index contributed by atoms with van der Waals surface area (Å²) in [6, 6.07) is 7.11. The molecule has 5 nitrogen and oxygen atoms in total. The maximum absolute atomic E-state index is 11.8. The molecule has 1 rings (SSSR count). The van der Waals surface area contributed by atoms with Crippen molar-refractivity contribution in [3.05, 3.63) is 28.7 Å². The second-order valence-corrected chi connectivity index (χ2v) is 4.68. The van der Waals surface area contributed by atoms with E-state index in [2.05, 4.69) is 21.2 Å². The van der Waals surface area contributed by atoms with E-state index >= 15 is 0 Å². The molecule has 0 unspecified atom stereocenters. The van der Waals surface area contributed by atoms with Crippen LogP contribution in [0.25, 0.3) is 0 Å². The van der Waals surface area contributed by atoms with Gasteiger partial charge in [-0.05, 0) is 38.1 Å². The number of hydrogen-bond acceptors (Lipinski definition) is 4. The number of rotatable bonds is 6. The van der Waals surface area contributed by atoms with Crippen molar-refractivity contribution >= 4 is 33.5 Å². The van der Waals surface area contributed by atoms with Gasteiger partial charge in [0.05, 0.1) is 0 Å². The largest absolute Gasteiger partial charge is 0.451 e. The van der Waals surface area contributed by atoms with Crippen LogP contribution < -0.4 is 5.32 Å². The maximum Gasteiger partial charge on any atom is 0.332 e. The van der Waals surface area contributed by atoms with Gasteiger partial charge in [-0.3, -0.25) is 4.79 Å². The summed E-state index contributed by atoms with van der Waals surface area (Å²) in [5.74, 6) is -0.938. The molecule has 1 atom stereocenters. The van der Waals surface area contributed by atoms with E-state index in [0.29, 0.717) is 12.3 Å². The van der Waals surface area contributed by atoms with E-state index in [9.17, 15) is 9.59 Å². The van der Waals surface area contributed by atoms with Gasteiger partial charge in [0, 0.05) is 16.8 Å². The third-order valence-electron chi connectivity index (χ3n) is 2.21. The second kappa shape index (κ2) is 7.91. The lowest BCUT2D eigenvalue weighted by Gasteiger charge is -2.13. The van der Waals surface area contributed by atoms with Crippen LogP contribution in [0.4, 0.5) is 5.69 Å². The van der Waals surface area contributed by atoms with Crippen LogP contribution in [0.1, 0.15) is 13.8 Å². The van der Waals surface area contributed by atoms with Crippen LogP contribution in [0.3, 0.4) is 0 Å². The Labute approximate surface area is 120 Å². The highest BCUT2D eigenvalue weighted by Gasteiger charge is 2.17. The smallest absolute Gasteiger partial charge is 0.332 e. The predicted molar refractivity (Wildman–Crippen MR) is 74.8 cm³/mol. The minimum atomic E-state index is -0.864. The number of anilines is 1. The summed E-state index contributed by atoms with van der Waals surface area (Å²) in [5.41, 5.74) is 0.640. The number of halogens is 1. The molecule has 0 aromatic heterocycles. The van der Waals surface area contributed by atoms with Gasteiger partial charge in [0.15, 0.2) is 6.10 Å². The summed E-state index contributed by atoms with van der Waals surface area (Å²) >= 11 is 3.30.